The maximum Gasteiger partial charge on any atom is 0.247 e. The molecule has 0 bridgehead atoms. The Kier molecular flexibility index (Phi) is 4.73. The molecule has 86 valence electrons. The molecular weight excluding hydrogens is 202 g/mol. The second kappa shape index (κ2) is 6.08. The third kappa shape index (κ3) is 3.21. The van der Waals surface area contributed by atoms with E-state index in [1.807, 2.05) is 37.3 Å². The molecule has 2 N–H and O–H groups in total. The number of amides is 1. The van der Waals surface area contributed by atoms with E-state index >= 15 is 0 Å². The average Bonchev–Trinajstić information content (AvgIpc) is 2.35. The van der Waals surface area contributed by atoms with Crippen LogP contribution in [0, 0.1) is 0 Å². The molecule has 0 saturated heterocycles. The molecule has 0 aromatic heterocycles. The van der Waals surface area contributed by atoms with Crippen LogP contribution in [0.5, 0.6) is 0 Å². The molecule has 1 amide bonds. The summed E-state index contributed by atoms with van der Waals surface area (Å²) in [6.45, 7) is 3.45. The first kappa shape index (κ1) is 12.5. The second-order valence-electron chi connectivity index (χ2n) is 3.59. The first-order valence-electron chi connectivity index (χ1n) is 5.28. The molecule has 0 heterocycles. The van der Waals surface area contributed by atoms with Crippen molar-refractivity contribution in [3.05, 3.63) is 47.5 Å². The van der Waals surface area contributed by atoms with Gasteiger partial charge in [0.05, 0.1) is 12.6 Å². The highest BCUT2D eigenvalue weighted by Crippen LogP contribution is 2.12. The molecule has 0 saturated carbocycles. The highest BCUT2D eigenvalue weighted by atomic mass is 16.3. The Balaban J connectivity index is 2.74. The van der Waals surface area contributed by atoms with Crippen molar-refractivity contribution in [2.75, 3.05) is 6.61 Å². The van der Waals surface area contributed by atoms with Gasteiger partial charge in [-0.05, 0) is 19.4 Å². The number of carbonyl (C=O) groups is 1. The van der Waals surface area contributed by atoms with Gasteiger partial charge in [-0.25, -0.2) is 0 Å². The predicted molar refractivity (Wildman–Crippen MR) is 63.8 cm³/mol. The van der Waals surface area contributed by atoms with Gasteiger partial charge in [0.2, 0.25) is 5.91 Å². The van der Waals surface area contributed by atoms with Gasteiger partial charge in [0, 0.05) is 5.57 Å². The summed E-state index contributed by atoms with van der Waals surface area (Å²) in [7, 11) is 0. The van der Waals surface area contributed by atoms with Crippen molar-refractivity contribution in [2.45, 2.75) is 19.9 Å². The van der Waals surface area contributed by atoms with Crippen molar-refractivity contribution in [2.24, 2.45) is 0 Å². The van der Waals surface area contributed by atoms with E-state index in [0.29, 0.717) is 5.57 Å². The van der Waals surface area contributed by atoms with E-state index in [-0.39, 0.29) is 18.6 Å². The van der Waals surface area contributed by atoms with Gasteiger partial charge in [-0.3, -0.25) is 4.79 Å². The molecule has 0 unspecified atom stereocenters. The fourth-order valence-electron chi connectivity index (χ4n) is 1.32. The molecule has 16 heavy (non-hydrogen) atoms. The second-order valence-corrected chi connectivity index (χ2v) is 3.59. The Morgan fingerprint density at radius 2 is 2.06 bits per heavy atom. The fourth-order valence-corrected chi connectivity index (χ4v) is 1.32. The van der Waals surface area contributed by atoms with Gasteiger partial charge in [0.1, 0.15) is 0 Å². The summed E-state index contributed by atoms with van der Waals surface area (Å²) in [4.78, 5) is 11.6. The fraction of sp³-hybridized carbons (Fsp3) is 0.308. The van der Waals surface area contributed by atoms with Gasteiger partial charge >= 0.3 is 0 Å². The lowest BCUT2D eigenvalue weighted by molar-refractivity contribution is -0.118. The standard InChI is InChI=1S/C13H17NO2/c1-3-10(2)13(16)14-12(9-15)11-7-5-4-6-8-11/h3-8,12,15H,9H2,1-2H3,(H,14,16)/b10-3-/t12-/m1/s1. The first-order valence-corrected chi connectivity index (χ1v) is 5.28. The zero-order valence-corrected chi connectivity index (χ0v) is 9.60. The van der Waals surface area contributed by atoms with Crippen LogP contribution < -0.4 is 5.32 Å². The van der Waals surface area contributed by atoms with Crippen molar-refractivity contribution >= 4 is 5.91 Å². The van der Waals surface area contributed by atoms with Crippen LogP contribution in [0.4, 0.5) is 0 Å². The van der Waals surface area contributed by atoms with Crippen LogP contribution in [0.15, 0.2) is 42.0 Å². The number of hydrogen-bond donors (Lipinski definition) is 2. The van der Waals surface area contributed by atoms with E-state index in [0.717, 1.165) is 5.56 Å². The van der Waals surface area contributed by atoms with Crippen LogP contribution in [0.25, 0.3) is 0 Å². The summed E-state index contributed by atoms with van der Waals surface area (Å²) in [6.07, 6.45) is 1.74. The van der Waals surface area contributed by atoms with Crippen LogP contribution in [-0.4, -0.2) is 17.6 Å². The maximum atomic E-state index is 11.6. The lowest BCUT2D eigenvalue weighted by atomic mass is 10.1. The largest absolute Gasteiger partial charge is 0.394 e. The molecule has 0 aliphatic carbocycles. The molecule has 0 fully saturated rings. The zero-order valence-electron chi connectivity index (χ0n) is 9.60. The smallest absolute Gasteiger partial charge is 0.247 e. The van der Waals surface area contributed by atoms with Gasteiger partial charge in [0.25, 0.3) is 0 Å². The molecule has 0 spiro atoms. The van der Waals surface area contributed by atoms with E-state index in [9.17, 15) is 9.90 Å². The van der Waals surface area contributed by atoms with Crippen molar-refractivity contribution in [3.8, 4) is 0 Å². The topological polar surface area (TPSA) is 49.3 Å². The SMILES string of the molecule is C/C=C(/C)C(=O)N[C@H](CO)c1ccccc1. The number of carbonyl (C=O) groups excluding carboxylic acids is 1. The molecule has 3 heteroatoms. The highest BCUT2D eigenvalue weighted by molar-refractivity contribution is 5.92. The van der Waals surface area contributed by atoms with Crippen LogP contribution in [0.3, 0.4) is 0 Å². The van der Waals surface area contributed by atoms with Crippen LogP contribution in [0.1, 0.15) is 25.5 Å². The molecule has 0 aliphatic heterocycles. The molecule has 1 atom stereocenters. The third-order valence-corrected chi connectivity index (χ3v) is 2.48. The van der Waals surface area contributed by atoms with Gasteiger partial charge in [-0.2, -0.15) is 0 Å². The van der Waals surface area contributed by atoms with Crippen molar-refractivity contribution < 1.29 is 9.90 Å². The normalized spacial score (nSPS) is 13.3. The van der Waals surface area contributed by atoms with Crippen LogP contribution in [-0.2, 0) is 4.79 Å². The Morgan fingerprint density at radius 3 is 2.56 bits per heavy atom. The quantitative estimate of drug-likeness (QED) is 0.759. The third-order valence-electron chi connectivity index (χ3n) is 2.48. The van der Waals surface area contributed by atoms with Gasteiger partial charge in [-0.15, -0.1) is 0 Å². The average molecular weight is 219 g/mol. The minimum atomic E-state index is -0.344. The van der Waals surface area contributed by atoms with E-state index < -0.39 is 0 Å². The molecule has 1 aromatic carbocycles. The number of rotatable bonds is 4. The minimum absolute atomic E-state index is 0.104. The Bertz CT molecular complexity index is 371. The molecule has 1 aromatic rings. The molecular formula is C13H17NO2. The minimum Gasteiger partial charge on any atom is -0.394 e. The molecule has 0 aliphatic rings. The summed E-state index contributed by atoms with van der Waals surface area (Å²) >= 11 is 0. The molecule has 0 radical (unpaired) electrons. The summed E-state index contributed by atoms with van der Waals surface area (Å²) in [5, 5.41) is 12.0. The number of nitrogens with one attached hydrogen (secondary N) is 1. The van der Waals surface area contributed by atoms with E-state index in [2.05, 4.69) is 5.32 Å². The molecule has 3 nitrogen and oxygen atoms in total. The Hall–Kier alpha value is -1.61. The number of allylic oxidation sites excluding steroid dienone is 1. The summed E-state index contributed by atoms with van der Waals surface area (Å²) < 4.78 is 0. The molecule has 1 rings (SSSR count). The summed E-state index contributed by atoms with van der Waals surface area (Å²) in [5.41, 5.74) is 1.55. The zero-order chi connectivity index (χ0) is 12.0. The number of aliphatic hydroxyl groups is 1. The predicted octanol–water partition coefficient (Wildman–Crippen LogP) is 1.80. The van der Waals surface area contributed by atoms with E-state index in [1.54, 1.807) is 13.0 Å². The number of aliphatic hydroxyl groups excluding tert-OH is 1. The van der Waals surface area contributed by atoms with Gasteiger partial charge in [-0.1, -0.05) is 36.4 Å². The lowest BCUT2D eigenvalue weighted by Crippen LogP contribution is -2.31. The Morgan fingerprint density at radius 1 is 1.44 bits per heavy atom. The Labute approximate surface area is 95.8 Å². The van der Waals surface area contributed by atoms with Crippen molar-refractivity contribution in [1.82, 2.24) is 5.32 Å². The van der Waals surface area contributed by atoms with E-state index in [4.69, 9.17) is 0 Å². The van der Waals surface area contributed by atoms with E-state index in [1.165, 1.54) is 0 Å². The van der Waals surface area contributed by atoms with Gasteiger partial charge < -0.3 is 10.4 Å². The lowest BCUT2D eigenvalue weighted by Gasteiger charge is -2.16. The van der Waals surface area contributed by atoms with Gasteiger partial charge in [0.15, 0.2) is 0 Å². The van der Waals surface area contributed by atoms with Crippen LogP contribution >= 0.6 is 0 Å². The summed E-state index contributed by atoms with van der Waals surface area (Å²) in [5.74, 6) is -0.148. The first-order chi connectivity index (χ1) is 7.69. The maximum absolute atomic E-state index is 11.6. The number of benzene rings is 1. The highest BCUT2D eigenvalue weighted by Gasteiger charge is 2.13. The number of hydrogen-bond acceptors (Lipinski definition) is 2. The van der Waals surface area contributed by atoms with Crippen molar-refractivity contribution in [3.63, 3.8) is 0 Å². The van der Waals surface area contributed by atoms with Crippen molar-refractivity contribution in [1.29, 1.82) is 0 Å². The van der Waals surface area contributed by atoms with Crippen LogP contribution in [0.2, 0.25) is 0 Å². The summed E-state index contributed by atoms with van der Waals surface area (Å²) in [6, 6.07) is 9.08. The monoisotopic (exact) mass is 219 g/mol.